The van der Waals surface area contributed by atoms with Crippen molar-refractivity contribution in [1.29, 1.82) is 0 Å². The van der Waals surface area contributed by atoms with E-state index in [0.717, 1.165) is 5.56 Å². The van der Waals surface area contributed by atoms with Crippen molar-refractivity contribution in [1.82, 2.24) is 0 Å². The van der Waals surface area contributed by atoms with Gasteiger partial charge in [0.25, 0.3) is 16.4 Å². The van der Waals surface area contributed by atoms with E-state index in [-0.39, 0.29) is 22.1 Å². The highest BCUT2D eigenvalue weighted by molar-refractivity contribution is 7.92. The molecule has 8 heteroatoms. The predicted molar refractivity (Wildman–Crippen MR) is 86.5 cm³/mol. The van der Waals surface area contributed by atoms with Gasteiger partial charge in [0.2, 0.25) is 0 Å². The van der Waals surface area contributed by atoms with Crippen LogP contribution in [0.25, 0.3) is 0 Å². The van der Waals surface area contributed by atoms with E-state index < -0.39 is 23.1 Å². The van der Waals surface area contributed by atoms with Crippen LogP contribution in [0, 0.1) is 6.92 Å². The quantitative estimate of drug-likeness (QED) is 0.824. The van der Waals surface area contributed by atoms with Crippen LogP contribution in [0.3, 0.4) is 0 Å². The summed E-state index contributed by atoms with van der Waals surface area (Å²) in [6.07, 6.45) is -2.65. The molecule has 0 amide bonds. The summed E-state index contributed by atoms with van der Waals surface area (Å²) in [6.45, 7) is 1.03. The fourth-order valence-corrected chi connectivity index (χ4v) is 2.99. The van der Waals surface area contributed by atoms with Gasteiger partial charge in [-0.05, 0) is 31.2 Å². The number of anilines is 1. The van der Waals surface area contributed by atoms with Crippen LogP contribution in [0.5, 0.6) is 11.5 Å². The number of rotatable bonds is 7. The molecule has 0 saturated heterocycles. The van der Waals surface area contributed by atoms with Crippen molar-refractivity contribution < 1.29 is 26.7 Å². The highest BCUT2D eigenvalue weighted by Gasteiger charge is 2.16. The first kappa shape index (κ1) is 18.0. The summed E-state index contributed by atoms with van der Waals surface area (Å²) in [5.41, 5.74) is 1.11. The van der Waals surface area contributed by atoms with Crippen LogP contribution in [0.2, 0.25) is 0 Å². The SMILES string of the molecule is COc1ccc(NS(=O)(=O)c2ccc(C)cc2)cc1OCC(F)F. The third-order valence-electron chi connectivity index (χ3n) is 3.11. The molecule has 0 atom stereocenters. The molecule has 2 aromatic rings. The topological polar surface area (TPSA) is 64.6 Å². The molecule has 0 unspecified atom stereocenters. The van der Waals surface area contributed by atoms with Crippen LogP contribution in [-0.4, -0.2) is 28.6 Å². The van der Waals surface area contributed by atoms with Gasteiger partial charge >= 0.3 is 0 Å². The molecule has 2 rings (SSSR count). The monoisotopic (exact) mass is 357 g/mol. The van der Waals surface area contributed by atoms with Crippen LogP contribution in [0.1, 0.15) is 5.56 Å². The Morgan fingerprint density at radius 2 is 1.75 bits per heavy atom. The number of alkyl halides is 2. The van der Waals surface area contributed by atoms with Crippen molar-refractivity contribution in [3.8, 4) is 11.5 Å². The molecular weight excluding hydrogens is 340 g/mol. The zero-order chi connectivity index (χ0) is 17.7. The first-order valence-corrected chi connectivity index (χ1v) is 8.48. The number of aryl methyl sites for hydroxylation is 1. The molecule has 0 spiro atoms. The third kappa shape index (κ3) is 4.58. The molecule has 0 aliphatic carbocycles. The van der Waals surface area contributed by atoms with Gasteiger partial charge < -0.3 is 9.47 Å². The van der Waals surface area contributed by atoms with Crippen LogP contribution >= 0.6 is 0 Å². The Morgan fingerprint density at radius 3 is 2.33 bits per heavy atom. The van der Waals surface area contributed by atoms with Gasteiger partial charge in [-0.3, -0.25) is 4.72 Å². The lowest BCUT2D eigenvalue weighted by Gasteiger charge is -2.13. The second kappa shape index (κ2) is 7.48. The van der Waals surface area contributed by atoms with Gasteiger partial charge in [-0.15, -0.1) is 0 Å². The van der Waals surface area contributed by atoms with Gasteiger partial charge in [0, 0.05) is 6.07 Å². The smallest absolute Gasteiger partial charge is 0.272 e. The van der Waals surface area contributed by atoms with Gasteiger partial charge in [0.05, 0.1) is 17.7 Å². The molecule has 5 nitrogen and oxygen atoms in total. The van der Waals surface area contributed by atoms with Crippen molar-refractivity contribution in [3.05, 3.63) is 48.0 Å². The highest BCUT2D eigenvalue weighted by atomic mass is 32.2. The number of ether oxygens (including phenoxy) is 2. The average molecular weight is 357 g/mol. The standard InChI is InChI=1S/C16H17F2NO4S/c1-11-3-6-13(7-4-11)24(20,21)19-12-5-8-14(22-2)15(9-12)23-10-16(17)18/h3-9,16,19H,10H2,1-2H3. The van der Waals surface area contributed by atoms with Gasteiger partial charge in [0.15, 0.2) is 11.5 Å². The molecule has 0 aromatic heterocycles. The first-order valence-electron chi connectivity index (χ1n) is 7.00. The number of nitrogens with one attached hydrogen (secondary N) is 1. The maximum Gasteiger partial charge on any atom is 0.272 e. The Kier molecular flexibility index (Phi) is 5.61. The summed E-state index contributed by atoms with van der Waals surface area (Å²) in [5, 5.41) is 0. The molecule has 0 fully saturated rings. The molecule has 2 aromatic carbocycles. The number of halogens is 2. The van der Waals surface area contributed by atoms with E-state index >= 15 is 0 Å². The molecule has 24 heavy (non-hydrogen) atoms. The van der Waals surface area contributed by atoms with Crippen molar-refractivity contribution in [3.63, 3.8) is 0 Å². The minimum absolute atomic E-state index is 0.0295. The highest BCUT2D eigenvalue weighted by Crippen LogP contribution is 2.31. The number of methoxy groups -OCH3 is 1. The van der Waals surface area contributed by atoms with E-state index in [2.05, 4.69) is 4.72 Å². The van der Waals surface area contributed by atoms with Crippen LogP contribution < -0.4 is 14.2 Å². The van der Waals surface area contributed by atoms with E-state index in [1.54, 1.807) is 12.1 Å². The summed E-state index contributed by atoms with van der Waals surface area (Å²) >= 11 is 0. The Balaban J connectivity index is 2.25. The van der Waals surface area contributed by atoms with E-state index in [1.807, 2.05) is 6.92 Å². The third-order valence-corrected chi connectivity index (χ3v) is 4.51. The molecule has 0 radical (unpaired) electrons. The molecule has 130 valence electrons. The van der Waals surface area contributed by atoms with Crippen molar-refractivity contribution in [2.24, 2.45) is 0 Å². The van der Waals surface area contributed by atoms with E-state index in [0.29, 0.717) is 0 Å². The average Bonchev–Trinajstić information content (AvgIpc) is 2.53. The van der Waals surface area contributed by atoms with Crippen LogP contribution in [-0.2, 0) is 10.0 Å². The van der Waals surface area contributed by atoms with E-state index in [4.69, 9.17) is 9.47 Å². The zero-order valence-corrected chi connectivity index (χ0v) is 13.9. The van der Waals surface area contributed by atoms with Crippen LogP contribution in [0.15, 0.2) is 47.4 Å². The number of benzene rings is 2. The lowest BCUT2D eigenvalue weighted by Crippen LogP contribution is -2.13. The fraction of sp³-hybridized carbons (Fsp3) is 0.250. The summed E-state index contributed by atoms with van der Waals surface area (Å²) in [7, 11) is -2.43. The minimum Gasteiger partial charge on any atom is -0.493 e. The van der Waals surface area contributed by atoms with Gasteiger partial charge in [-0.1, -0.05) is 17.7 Å². The molecular formula is C16H17F2NO4S. The summed E-state index contributed by atoms with van der Waals surface area (Å²) < 4.78 is 61.6. The normalized spacial score (nSPS) is 11.4. The number of hydrogen-bond acceptors (Lipinski definition) is 4. The first-order chi connectivity index (χ1) is 11.3. The predicted octanol–water partition coefficient (Wildman–Crippen LogP) is 3.45. The molecule has 0 bridgehead atoms. The molecule has 1 N–H and O–H groups in total. The van der Waals surface area contributed by atoms with Crippen molar-refractivity contribution in [2.75, 3.05) is 18.4 Å². The molecule has 0 heterocycles. The lowest BCUT2D eigenvalue weighted by atomic mass is 10.2. The Morgan fingerprint density at radius 1 is 1.08 bits per heavy atom. The van der Waals surface area contributed by atoms with Crippen molar-refractivity contribution in [2.45, 2.75) is 18.2 Å². The van der Waals surface area contributed by atoms with Crippen LogP contribution in [0.4, 0.5) is 14.5 Å². The van der Waals surface area contributed by atoms with Gasteiger partial charge in [-0.2, -0.15) is 0 Å². The second-order valence-electron chi connectivity index (χ2n) is 4.99. The number of sulfonamides is 1. The maximum absolute atomic E-state index is 12.3. The largest absolute Gasteiger partial charge is 0.493 e. The van der Waals surface area contributed by atoms with E-state index in [9.17, 15) is 17.2 Å². The second-order valence-corrected chi connectivity index (χ2v) is 6.67. The van der Waals surface area contributed by atoms with E-state index in [1.165, 1.54) is 37.4 Å². The van der Waals surface area contributed by atoms with Gasteiger partial charge in [-0.25, -0.2) is 17.2 Å². The summed E-state index contributed by atoms with van der Waals surface area (Å²) in [4.78, 5) is 0.0963. The molecule has 0 saturated carbocycles. The Labute approximate surface area is 139 Å². The Hall–Kier alpha value is -2.35. The van der Waals surface area contributed by atoms with Crippen molar-refractivity contribution >= 4 is 15.7 Å². The minimum atomic E-state index is -3.79. The zero-order valence-electron chi connectivity index (χ0n) is 13.1. The van der Waals surface area contributed by atoms with Gasteiger partial charge in [0.1, 0.15) is 6.61 Å². The molecule has 0 aliphatic rings. The Bertz CT molecular complexity index is 792. The molecule has 0 aliphatic heterocycles. The fourth-order valence-electron chi connectivity index (χ4n) is 1.94. The summed E-state index contributed by atoms with van der Waals surface area (Å²) in [6, 6.07) is 10.5. The summed E-state index contributed by atoms with van der Waals surface area (Å²) in [5.74, 6) is 0.260. The lowest BCUT2D eigenvalue weighted by molar-refractivity contribution is 0.0805. The number of hydrogen-bond donors (Lipinski definition) is 1. The maximum atomic E-state index is 12.3.